The van der Waals surface area contributed by atoms with E-state index in [9.17, 15) is 9.59 Å². The number of methoxy groups -OCH3 is 1. The van der Waals surface area contributed by atoms with E-state index in [4.69, 9.17) is 4.74 Å². The maximum Gasteiger partial charge on any atom is 0.261 e. The molecule has 0 spiro atoms. The van der Waals surface area contributed by atoms with Gasteiger partial charge in [-0.15, -0.1) is 11.3 Å². The van der Waals surface area contributed by atoms with Crippen molar-refractivity contribution in [1.29, 1.82) is 0 Å². The lowest BCUT2D eigenvalue weighted by molar-refractivity contribution is -0.136. The highest BCUT2D eigenvalue weighted by Crippen LogP contribution is 2.34. The highest BCUT2D eigenvalue weighted by Gasteiger charge is 2.29. The molecule has 1 saturated heterocycles. The molecule has 5 nitrogen and oxygen atoms in total. The number of amides is 2. The summed E-state index contributed by atoms with van der Waals surface area (Å²) in [5.41, 5.74) is 1.08. The summed E-state index contributed by atoms with van der Waals surface area (Å²) in [6, 6.07) is 8.35. The van der Waals surface area contributed by atoms with Gasteiger partial charge in [0.2, 0.25) is 5.91 Å². The molecule has 0 bridgehead atoms. The number of hydrogen-bond donors (Lipinski definition) is 1. The third kappa shape index (κ3) is 5.17. The van der Waals surface area contributed by atoms with Crippen LogP contribution in [-0.4, -0.2) is 49.6 Å². The number of rotatable bonds is 7. The summed E-state index contributed by atoms with van der Waals surface area (Å²) in [7, 11) is 1.63. The molecule has 1 atom stereocenters. The molecule has 1 aliphatic heterocycles. The Morgan fingerprint density at radius 1 is 1.24 bits per heavy atom. The first-order valence-electron chi connectivity index (χ1n) is 10.6. The zero-order valence-electron chi connectivity index (χ0n) is 17.7. The van der Waals surface area contributed by atoms with Crippen LogP contribution >= 0.6 is 11.3 Å². The van der Waals surface area contributed by atoms with Crippen molar-refractivity contribution in [2.45, 2.75) is 52.0 Å². The molecule has 1 fully saturated rings. The molecule has 2 heterocycles. The molecule has 1 aliphatic rings. The van der Waals surface area contributed by atoms with Crippen LogP contribution < -0.4 is 5.32 Å². The number of benzene rings is 1. The standard InChI is InChI=1S/C23H32N2O3S/c1-16(2)23(27)25-13-8-4-5-9-17(25)15-19-18-10-6-7-11-20(18)29-21(19)22(26)24-12-14-28-3/h6-7,10-11,16-17H,4-5,8-9,12-15H2,1-3H3,(H,24,26)/t17-/m0/s1. The Morgan fingerprint density at radius 3 is 2.79 bits per heavy atom. The highest BCUT2D eigenvalue weighted by atomic mass is 32.1. The SMILES string of the molecule is COCCNC(=O)c1sc2ccccc2c1C[C@@H]1CCCCCN1C(=O)C(C)C. The maximum atomic E-state index is 12.9. The fourth-order valence-electron chi connectivity index (χ4n) is 4.08. The largest absolute Gasteiger partial charge is 0.383 e. The van der Waals surface area contributed by atoms with Crippen molar-refractivity contribution in [2.24, 2.45) is 5.92 Å². The van der Waals surface area contributed by atoms with Crippen molar-refractivity contribution in [2.75, 3.05) is 26.8 Å². The molecule has 158 valence electrons. The first-order valence-corrected chi connectivity index (χ1v) is 11.4. The van der Waals surface area contributed by atoms with E-state index in [0.29, 0.717) is 13.2 Å². The molecule has 1 N–H and O–H groups in total. The van der Waals surface area contributed by atoms with Crippen molar-refractivity contribution in [3.05, 3.63) is 34.7 Å². The molecule has 2 amide bonds. The predicted octanol–water partition coefficient (Wildman–Crippen LogP) is 4.25. The number of carbonyl (C=O) groups is 2. The molecule has 0 unspecified atom stereocenters. The Labute approximate surface area is 177 Å². The summed E-state index contributed by atoms with van der Waals surface area (Å²) in [4.78, 5) is 28.6. The van der Waals surface area contributed by atoms with Crippen LogP contribution in [0.25, 0.3) is 10.1 Å². The Kier molecular flexibility index (Phi) is 7.67. The van der Waals surface area contributed by atoms with Gasteiger partial charge in [-0.3, -0.25) is 9.59 Å². The van der Waals surface area contributed by atoms with E-state index < -0.39 is 0 Å². The number of ether oxygens (including phenoxy) is 1. The van der Waals surface area contributed by atoms with Gasteiger partial charge in [-0.2, -0.15) is 0 Å². The summed E-state index contributed by atoms with van der Waals surface area (Å²) in [5, 5.41) is 4.10. The summed E-state index contributed by atoms with van der Waals surface area (Å²) in [5.74, 6) is 0.169. The van der Waals surface area contributed by atoms with E-state index >= 15 is 0 Å². The van der Waals surface area contributed by atoms with Crippen LogP contribution in [0.4, 0.5) is 0 Å². The minimum Gasteiger partial charge on any atom is -0.383 e. The summed E-state index contributed by atoms with van der Waals surface area (Å²) in [6.07, 6.45) is 5.07. The average molecular weight is 417 g/mol. The molecular weight excluding hydrogens is 384 g/mol. The van der Waals surface area contributed by atoms with Crippen LogP contribution in [0.5, 0.6) is 0 Å². The van der Waals surface area contributed by atoms with Gasteiger partial charge < -0.3 is 15.0 Å². The molecule has 0 aliphatic carbocycles. The van der Waals surface area contributed by atoms with Crippen molar-refractivity contribution in [3.8, 4) is 0 Å². The number of thiophene rings is 1. The zero-order chi connectivity index (χ0) is 20.8. The van der Waals surface area contributed by atoms with Gasteiger partial charge in [0.05, 0.1) is 11.5 Å². The molecule has 2 aromatic rings. The Bertz CT molecular complexity index is 846. The topological polar surface area (TPSA) is 58.6 Å². The molecule has 1 aromatic heterocycles. The van der Waals surface area contributed by atoms with E-state index in [1.807, 2.05) is 26.0 Å². The quantitative estimate of drug-likeness (QED) is 0.687. The van der Waals surface area contributed by atoms with Crippen LogP contribution in [0.15, 0.2) is 24.3 Å². The third-order valence-electron chi connectivity index (χ3n) is 5.59. The van der Waals surface area contributed by atoms with Gasteiger partial charge in [0.15, 0.2) is 0 Å². The van der Waals surface area contributed by atoms with E-state index in [0.717, 1.165) is 59.2 Å². The Hall–Kier alpha value is -1.92. The number of hydrogen-bond acceptors (Lipinski definition) is 4. The molecule has 6 heteroatoms. The van der Waals surface area contributed by atoms with Gasteiger partial charge in [0.25, 0.3) is 5.91 Å². The van der Waals surface area contributed by atoms with E-state index in [1.54, 1.807) is 18.4 Å². The van der Waals surface area contributed by atoms with E-state index in [2.05, 4.69) is 22.3 Å². The highest BCUT2D eigenvalue weighted by molar-refractivity contribution is 7.21. The number of likely N-dealkylation sites (tertiary alicyclic amines) is 1. The minimum absolute atomic E-state index is 0.00775. The average Bonchev–Trinajstić information content (AvgIpc) is 2.91. The zero-order valence-corrected chi connectivity index (χ0v) is 18.5. The number of nitrogens with one attached hydrogen (secondary N) is 1. The molecular formula is C23H32N2O3S. The summed E-state index contributed by atoms with van der Waals surface area (Å²) < 4.78 is 6.18. The van der Waals surface area contributed by atoms with Gasteiger partial charge in [0.1, 0.15) is 0 Å². The van der Waals surface area contributed by atoms with Gasteiger partial charge in [-0.1, -0.05) is 44.9 Å². The monoisotopic (exact) mass is 416 g/mol. The lowest BCUT2D eigenvalue weighted by Gasteiger charge is -2.32. The second-order valence-electron chi connectivity index (χ2n) is 8.05. The molecule has 29 heavy (non-hydrogen) atoms. The van der Waals surface area contributed by atoms with Gasteiger partial charge in [-0.25, -0.2) is 0 Å². The molecule has 3 rings (SSSR count). The van der Waals surface area contributed by atoms with E-state index in [1.165, 1.54) is 0 Å². The second-order valence-corrected chi connectivity index (χ2v) is 9.10. The maximum absolute atomic E-state index is 12.9. The van der Waals surface area contributed by atoms with Crippen molar-refractivity contribution in [1.82, 2.24) is 10.2 Å². The van der Waals surface area contributed by atoms with Gasteiger partial charge in [0, 0.05) is 36.9 Å². The van der Waals surface area contributed by atoms with Gasteiger partial charge >= 0.3 is 0 Å². The first kappa shape index (κ1) is 21.8. The second kappa shape index (κ2) is 10.2. The van der Waals surface area contributed by atoms with Crippen molar-refractivity contribution < 1.29 is 14.3 Å². The van der Waals surface area contributed by atoms with Crippen LogP contribution in [0.3, 0.4) is 0 Å². The molecule has 0 saturated carbocycles. The van der Waals surface area contributed by atoms with Crippen LogP contribution in [-0.2, 0) is 16.0 Å². The predicted molar refractivity (Wildman–Crippen MR) is 119 cm³/mol. The fraction of sp³-hybridized carbons (Fsp3) is 0.565. The van der Waals surface area contributed by atoms with Crippen LogP contribution in [0, 0.1) is 5.92 Å². The third-order valence-corrected chi connectivity index (χ3v) is 6.80. The van der Waals surface area contributed by atoms with Crippen molar-refractivity contribution >= 4 is 33.2 Å². The Balaban J connectivity index is 1.93. The van der Waals surface area contributed by atoms with Crippen LogP contribution in [0.1, 0.15) is 54.8 Å². The lowest BCUT2D eigenvalue weighted by Crippen LogP contribution is -2.43. The minimum atomic E-state index is -0.0476. The normalized spacial score (nSPS) is 17.5. The number of nitrogens with zero attached hydrogens (tertiary/aromatic N) is 1. The number of fused-ring (bicyclic) bond motifs is 1. The summed E-state index contributed by atoms with van der Waals surface area (Å²) in [6.45, 7) is 5.74. The smallest absolute Gasteiger partial charge is 0.261 e. The van der Waals surface area contributed by atoms with Crippen molar-refractivity contribution in [3.63, 3.8) is 0 Å². The molecule has 1 aromatic carbocycles. The van der Waals surface area contributed by atoms with E-state index in [-0.39, 0.29) is 23.8 Å². The van der Waals surface area contributed by atoms with Crippen LogP contribution in [0.2, 0.25) is 0 Å². The number of carbonyl (C=O) groups excluding carboxylic acids is 2. The first-order chi connectivity index (χ1) is 14.0. The fourth-order valence-corrected chi connectivity index (χ4v) is 5.23. The molecule has 0 radical (unpaired) electrons. The Morgan fingerprint density at radius 2 is 2.03 bits per heavy atom. The lowest BCUT2D eigenvalue weighted by atomic mass is 9.97. The summed E-state index contributed by atoms with van der Waals surface area (Å²) >= 11 is 1.54. The van der Waals surface area contributed by atoms with Gasteiger partial charge in [-0.05, 0) is 36.3 Å².